The number of hydrogen-bond donors (Lipinski definition) is 2. The van der Waals surface area contributed by atoms with Crippen LogP contribution in [0.5, 0.6) is 5.75 Å². The van der Waals surface area contributed by atoms with Gasteiger partial charge in [-0.2, -0.15) is 0 Å². The summed E-state index contributed by atoms with van der Waals surface area (Å²) in [6.07, 6.45) is 4.80. The topological polar surface area (TPSA) is 91.0 Å². The molecule has 30 heavy (non-hydrogen) atoms. The number of aryl methyl sites for hydroxylation is 1. The average molecular weight is 415 g/mol. The normalized spacial score (nSPS) is 21.5. The minimum absolute atomic E-state index is 0.00206. The van der Waals surface area contributed by atoms with Crippen molar-refractivity contribution in [2.24, 2.45) is 5.41 Å². The van der Waals surface area contributed by atoms with E-state index in [9.17, 15) is 14.4 Å². The number of piperidine rings is 2. The lowest BCUT2D eigenvalue weighted by Crippen LogP contribution is -2.49. The van der Waals surface area contributed by atoms with Crippen molar-refractivity contribution in [2.75, 3.05) is 44.2 Å². The zero-order valence-corrected chi connectivity index (χ0v) is 17.5. The number of imide groups is 1. The number of urea groups is 1. The predicted molar refractivity (Wildman–Crippen MR) is 113 cm³/mol. The monoisotopic (exact) mass is 414 g/mol. The third kappa shape index (κ3) is 4.43. The Morgan fingerprint density at radius 1 is 1.10 bits per heavy atom. The van der Waals surface area contributed by atoms with Crippen LogP contribution in [-0.4, -0.2) is 62.1 Å². The zero-order chi connectivity index (χ0) is 21.1. The van der Waals surface area contributed by atoms with Gasteiger partial charge in [-0.3, -0.25) is 19.8 Å². The minimum atomic E-state index is -0.428. The fourth-order valence-electron chi connectivity index (χ4n) is 4.69. The number of nitrogens with one attached hydrogen (secondary N) is 2. The van der Waals surface area contributed by atoms with Gasteiger partial charge in [0.05, 0.1) is 5.69 Å². The largest absolute Gasteiger partial charge is 0.484 e. The van der Waals surface area contributed by atoms with E-state index in [1.54, 1.807) is 12.1 Å². The van der Waals surface area contributed by atoms with Crippen molar-refractivity contribution >= 4 is 23.5 Å². The molecule has 3 aliphatic rings. The first-order valence-corrected chi connectivity index (χ1v) is 10.8. The number of hydrogen-bond acceptors (Lipinski definition) is 5. The van der Waals surface area contributed by atoms with Crippen LogP contribution in [0.3, 0.4) is 0 Å². The van der Waals surface area contributed by atoms with E-state index < -0.39 is 6.03 Å². The average Bonchev–Trinajstić information content (AvgIpc) is 2.74. The second-order valence-corrected chi connectivity index (χ2v) is 8.62. The summed E-state index contributed by atoms with van der Waals surface area (Å²) < 4.78 is 5.77. The first kappa shape index (κ1) is 20.7. The summed E-state index contributed by atoms with van der Waals surface area (Å²) in [6.45, 7) is 5.97. The number of anilines is 1. The Hall–Kier alpha value is -2.61. The minimum Gasteiger partial charge on any atom is -0.484 e. The lowest BCUT2D eigenvalue weighted by Gasteiger charge is -2.44. The van der Waals surface area contributed by atoms with Crippen molar-refractivity contribution in [1.29, 1.82) is 0 Å². The molecule has 4 amide bonds. The standard InChI is InChI=1S/C22H30N4O4/c1-16-2-3-17(14-18(16)26-11-4-19(27)24-21(26)29)30-15-20(28)25-12-7-22(8-13-25)5-9-23-10-6-22/h2-3,14,23H,4-13,15H2,1H3,(H,24,27,29). The third-order valence-electron chi connectivity index (χ3n) is 6.73. The van der Waals surface area contributed by atoms with E-state index in [0.717, 1.165) is 44.6 Å². The molecule has 1 spiro atoms. The van der Waals surface area contributed by atoms with E-state index >= 15 is 0 Å². The van der Waals surface area contributed by atoms with E-state index in [1.165, 1.54) is 17.7 Å². The number of amides is 4. The smallest absolute Gasteiger partial charge is 0.328 e. The highest BCUT2D eigenvalue weighted by Crippen LogP contribution is 2.39. The van der Waals surface area contributed by atoms with Crippen molar-refractivity contribution in [3.8, 4) is 5.75 Å². The van der Waals surface area contributed by atoms with Crippen molar-refractivity contribution in [3.63, 3.8) is 0 Å². The second-order valence-electron chi connectivity index (χ2n) is 8.62. The predicted octanol–water partition coefficient (Wildman–Crippen LogP) is 1.81. The van der Waals surface area contributed by atoms with Gasteiger partial charge in [0.1, 0.15) is 5.75 Å². The van der Waals surface area contributed by atoms with Gasteiger partial charge in [-0.25, -0.2) is 4.79 Å². The van der Waals surface area contributed by atoms with E-state index in [-0.39, 0.29) is 24.8 Å². The number of carbonyl (C=O) groups is 3. The van der Waals surface area contributed by atoms with Gasteiger partial charge in [-0.1, -0.05) is 6.07 Å². The summed E-state index contributed by atoms with van der Waals surface area (Å²) in [5, 5.41) is 5.75. The molecular formula is C22H30N4O4. The van der Waals surface area contributed by atoms with Crippen LogP contribution in [0.2, 0.25) is 0 Å². The number of rotatable bonds is 4. The van der Waals surface area contributed by atoms with Gasteiger partial charge >= 0.3 is 6.03 Å². The van der Waals surface area contributed by atoms with E-state index in [2.05, 4.69) is 10.6 Å². The SMILES string of the molecule is Cc1ccc(OCC(=O)N2CCC3(CCNCC3)CC2)cc1N1CCC(=O)NC1=O. The molecule has 0 atom stereocenters. The Balaban J connectivity index is 1.33. The molecule has 1 aromatic rings. The van der Waals surface area contributed by atoms with Gasteiger partial charge in [-0.05, 0) is 62.7 Å². The summed E-state index contributed by atoms with van der Waals surface area (Å²) >= 11 is 0. The van der Waals surface area contributed by atoms with Gasteiger partial charge < -0.3 is 15.0 Å². The van der Waals surface area contributed by atoms with Crippen LogP contribution in [0.15, 0.2) is 18.2 Å². The molecule has 1 aromatic carbocycles. The molecule has 3 heterocycles. The van der Waals surface area contributed by atoms with Gasteiger partial charge in [0.15, 0.2) is 6.61 Å². The number of benzene rings is 1. The van der Waals surface area contributed by atoms with Gasteiger partial charge in [0, 0.05) is 32.1 Å². The van der Waals surface area contributed by atoms with Crippen molar-refractivity contribution < 1.29 is 19.1 Å². The van der Waals surface area contributed by atoms with Crippen LogP contribution in [0, 0.1) is 12.3 Å². The zero-order valence-electron chi connectivity index (χ0n) is 17.5. The molecule has 3 aliphatic heterocycles. The summed E-state index contributed by atoms with van der Waals surface area (Å²) in [5.74, 6) is 0.280. The highest BCUT2D eigenvalue weighted by molar-refractivity contribution is 6.06. The quantitative estimate of drug-likeness (QED) is 0.784. The molecule has 3 saturated heterocycles. The molecular weight excluding hydrogens is 384 g/mol. The summed E-state index contributed by atoms with van der Waals surface area (Å²) in [6, 6.07) is 5.00. The molecule has 8 heteroatoms. The van der Waals surface area contributed by atoms with Crippen LogP contribution in [0.4, 0.5) is 10.5 Å². The highest BCUT2D eigenvalue weighted by Gasteiger charge is 2.36. The number of nitrogens with zero attached hydrogens (tertiary/aromatic N) is 2. The Labute approximate surface area is 176 Å². The van der Waals surface area contributed by atoms with Crippen molar-refractivity contribution in [2.45, 2.75) is 39.0 Å². The molecule has 8 nitrogen and oxygen atoms in total. The summed E-state index contributed by atoms with van der Waals surface area (Å²) in [7, 11) is 0. The van der Waals surface area contributed by atoms with Crippen LogP contribution in [-0.2, 0) is 9.59 Å². The first-order chi connectivity index (χ1) is 14.5. The van der Waals surface area contributed by atoms with Crippen molar-refractivity contribution in [3.05, 3.63) is 23.8 Å². The third-order valence-corrected chi connectivity index (χ3v) is 6.73. The van der Waals surface area contributed by atoms with Gasteiger partial charge in [-0.15, -0.1) is 0 Å². The number of ether oxygens (including phenoxy) is 1. The van der Waals surface area contributed by atoms with E-state index in [4.69, 9.17) is 4.74 Å². The molecule has 3 fully saturated rings. The Morgan fingerprint density at radius 3 is 2.53 bits per heavy atom. The van der Waals surface area contributed by atoms with Crippen LogP contribution < -0.4 is 20.3 Å². The highest BCUT2D eigenvalue weighted by atomic mass is 16.5. The Morgan fingerprint density at radius 2 is 1.83 bits per heavy atom. The maximum absolute atomic E-state index is 12.7. The summed E-state index contributed by atoms with van der Waals surface area (Å²) in [4.78, 5) is 39.7. The van der Waals surface area contributed by atoms with E-state index in [0.29, 0.717) is 23.4 Å². The fraction of sp³-hybridized carbons (Fsp3) is 0.591. The molecule has 0 unspecified atom stereocenters. The maximum Gasteiger partial charge on any atom is 0.328 e. The first-order valence-electron chi connectivity index (χ1n) is 10.8. The number of likely N-dealkylation sites (tertiary alicyclic amines) is 1. The van der Waals surface area contributed by atoms with Gasteiger partial charge in [0.2, 0.25) is 5.91 Å². The fourth-order valence-corrected chi connectivity index (χ4v) is 4.69. The molecule has 162 valence electrons. The summed E-state index contributed by atoms with van der Waals surface area (Å²) in [5.41, 5.74) is 2.00. The lowest BCUT2D eigenvalue weighted by atomic mass is 9.71. The molecule has 2 N–H and O–H groups in total. The molecule has 0 bridgehead atoms. The second kappa shape index (κ2) is 8.63. The Bertz CT molecular complexity index is 824. The van der Waals surface area contributed by atoms with Crippen molar-refractivity contribution in [1.82, 2.24) is 15.5 Å². The van der Waals surface area contributed by atoms with Crippen LogP contribution in [0.25, 0.3) is 0 Å². The molecule has 0 aliphatic carbocycles. The molecule has 4 rings (SSSR count). The molecule has 0 radical (unpaired) electrons. The van der Waals surface area contributed by atoms with E-state index in [1.807, 2.05) is 17.9 Å². The maximum atomic E-state index is 12.7. The Kier molecular flexibility index (Phi) is 5.94. The lowest BCUT2D eigenvalue weighted by molar-refractivity contribution is -0.136. The van der Waals surface area contributed by atoms with Crippen LogP contribution in [0.1, 0.15) is 37.7 Å². The molecule has 0 saturated carbocycles. The van der Waals surface area contributed by atoms with Gasteiger partial charge in [0.25, 0.3) is 5.91 Å². The number of carbonyl (C=O) groups excluding carboxylic acids is 3. The molecule has 0 aromatic heterocycles. The van der Waals surface area contributed by atoms with Crippen LogP contribution >= 0.6 is 0 Å².